The number of rotatable bonds is 7. The fourth-order valence-electron chi connectivity index (χ4n) is 2.60. The molecular formula is C24H32N4OS. The lowest BCUT2D eigenvalue weighted by Gasteiger charge is -2.11. The van der Waals surface area contributed by atoms with Crippen LogP contribution < -0.4 is 4.74 Å². The Kier molecular flexibility index (Phi) is 8.99. The van der Waals surface area contributed by atoms with Crippen molar-refractivity contribution in [3.05, 3.63) is 64.5 Å². The van der Waals surface area contributed by atoms with Crippen molar-refractivity contribution < 1.29 is 4.74 Å². The predicted molar refractivity (Wildman–Crippen MR) is 128 cm³/mol. The first kappa shape index (κ1) is 23.5. The Bertz CT molecular complexity index is 964. The first-order valence-electron chi connectivity index (χ1n) is 10.4. The highest BCUT2D eigenvalue weighted by atomic mass is 32.1. The van der Waals surface area contributed by atoms with Gasteiger partial charge >= 0.3 is 0 Å². The number of aromatic nitrogens is 2. The van der Waals surface area contributed by atoms with E-state index in [9.17, 15) is 0 Å². The summed E-state index contributed by atoms with van der Waals surface area (Å²) in [6.45, 7) is 13.2. The van der Waals surface area contributed by atoms with Gasteiger partial charge in [0.25, 0.3) is 5.19 Å². The van der Waals surface area contributed by atoms with Gasteiger partial charge in [-0.25, -0.2) is 4.99 Å². The van der Waals surface area contributed by atoms with Crippen LogP contribution in [0.3, 0.4) is 0 Å². The zero-order valence-corrected chi connectivity index (χ0v) is 19.9. The first-order valence-corrected chi connectivity index (χ1v) is 11.1. The summed E-state index contributed by atoms with van der Waals surface area (Å²) in [4.78, 5) is 11.1. The molecule has 3 aromatic rings. The third-order valence-electron chi connectivity index (χ3n) is 4.52. The van der Waals surface area contributed by atoms with Crippen molar-refractivity contribution in [2.45, 2.75) is 48.0 Å². The lowest BCUT2D eigenvalue weighted by molar-refractivity contribution is 0.473. The van der Waals surface area contributed by atoms with E-state index in [2.05, 4.69) is 52.5 Å². The molecule has 0 saturated carbocycles. The molecule has 30 heavy (non-hydrogen) atoms. The van der Waals surface area contributed by atoms with Crippen molar-refractivity contribution in [1.82, 2.24) is 14.3 Å². The molecule has 160 valence electrons. The monoisotopic (exact) mass is 424 g/mol. The summed E-state index contributed by atoms with van der Waals surface area (Å²) < 4.78 is 10.4. The lowest BCUT2D eigenvalue weighted by Crippen LogP contribution is -2.14. The van der Waals surface area contributed by atoms with E-state index in [1.807, 2.05) is 58.1 Å². The maximum absolute atomic E-state index is 6.01. The number of aryl methyl sites for hydroxylation is 3. The molecule has 5 nitrogen and oxygen atoms in total. The predicted octanol–water partition coefficient (Wildman–Crippen LogP) is 6.48. The molecule has 0 bridgehead atoms. The zero-order valence-electron chi connectivity index (χ0n) is 19.1. The van der Waals surface area contributed by atoms with Crippen molar-refractivity contribution in [3.8, 4) is 10.9 Å². The highest BCUT2D eigenvalue weighted by molar-refractivity contribution is 7.07. The molecular weight excluding hydrogens is 392 g/mol. The van der Waals surface area contributed by atoms with Crippen LogP contribution in [0.25, 0.3) is 0 Å². The van der Waals surface area contributed by atoms with Crippen molar-refractivity contribution in [2.75, 3.05) is 13.6 Å². The van der Waals surface area contributed by atoms with Gasteiger partial charge in [0.1, 0.15) is 5.75 Å². The summed E-state index contributed by atoms with van der Waals surface area (Å²) in [6, 6.07) is 12.5. The van der Waals surface area contributed by atoms with Crippen LogP contribution in [0, 0.1) is 20.8 Å². The summed E-state index contributed by atoms with van der Waals surface area (Å²) in [6.07, 6.45) is 2.56. The van der Waals surface area contributed by atoms with Gasteiger partial charge in [0, 0.05) is 31.5 Å². The second-order valence-electron chi connectivity index (χ2n) is 6.96. The van der Waals surface area contributed by atoms with Crippen LogP contribution in [0.4, 0.5) is 5.69 Å². The average Bonchev–Trinajstić information content (AvgIpc) is 3.19. The topological polar surface area (TPSA) is 50.6 Å². The van der Waals surface area contributed by atoms with E-state index in [1.54, 1.807) is 0 Å². The molecule has 0 N–H and O–H groups in total. The normalized spacial score (nSPS) is 10.6. The minimum Gasteiger partial charge on any atom is -0.430 e. The summed E-state index contributed by atoms with van der Waals surface area (Å²) in [5.74, 6) is 1.57. The molecule has 0 unspecified atom stereocenters. The SMILES string of the molecule is CC.CCN(C)C=Nc1cc(C)c(Oc2nc(Cc3ccc(C)cc3)ns2)cc1C. The van der Waals surface area contributed by atoms with Crippen LogP contribution in [-0.4, -0.2) is 34.2 Å². The fraction of sp³-hybridized carbons (Fsp3) is 0.375. The Labute approximate surface area is 184 Å². The van der Waals surface area contributed by atoms with Gasteiger partial charge in [0.15, 0.2) is 5.82 Å². The van der Waals surface area contributed by atoms with Gasteiger partial charge in [0.05, 0.1) is 12.0 Å². The quantitative estimate of drug-likeness (QED) is 0.321. The molecule has 0 aliphatic carbocycles. The zero-order chi connectivity index (χ0) is 22.1. The van der Waals surface area contributed by atoms with Crippen LogP contribution in [0.15, 0.2) is 41.4 Å². The highest BCUT2D eigenvalue weighted by Crippen LogP contribution is 2.32. The van der Waals surface area contributed by atoms with Crippen LogP contribution in [0.1, 0.15) is 48.8 Å². The maximum Gasteiger partial charge on any atom is 0.298 e. The molecule has 0 radical (unpaired) electrons. The molecule has 1 heterocycles. The number of hydrogen-bond acceptors (Lipinski definition) is 5. The number of ether oxygens (including phenoxy) is 1. The summed E-state index contributed by atoms with van der Waals surface area (Å²) in [5, 5.41) is 0.562. The van der Waals surface area contributed by atoms with Crippen LogP contribution in [0.5, 0.6) is 10.9 Å². The van der Waals surface area contributed by atoms with Gasteiger partial charge in [-0.2, -0.15) is 9.36 Å². The lowest BCUT2D eigenvalue weighted by atomic mass is 10.1. The Morgan fingerprint density at radius 3 is 2.43 bits per heavy atom. The van der Waals surface area contributed by atoms with Crippen molar-refractivity contribution in [2.24, 2.45) is 4.99 Å². The number of aliphatic imine (C=N–C) groups is 1. The first-order chi connectivity index (χ1) is 14.4. The largest absolute Gasteiger partial charge is 0.430 e. The van der Waals surface area contributed by atoms with Gasteiger partial charge in [-0.3, -0.25) is 0 Å². The third-order valence-corrected chi connectivity index (χ3v) is 5.15. The third kappa shape index (κ3) is 6.66. The summed E-state index contributed by atoms with van der Waals surface area (Å²) in [7, 11) is 2.01. The molecule has 0 saturated heterocycles. The highest BCUT2D eigenvalue weighted by Gasteiger charge is 2.11. The average molecular weight is 425 g/mol. The minimum atomic E-state index is 0.562. The Hall–Kier alpha value is -2.73. The standard InChI is InChI=1S/C22H26N4OS.C2H6/c1-6-26(5)14-23-19-11-17(4)20(12-16(19)3)27-22-24-21(25-28-22)13-18-9-7-15(2)8-10-18;1-2/h7-12,14H,6,13H2,1-5H3;1-2H3. The van der Waals surface area contributed by atoms with Gasteiger partial charge < -0.3 is 9.64 Å². The van der Waals surface area contributed by atoms with E-state index >= 15 is 0 Å². The van der Waals surface area contributed by atoms with Crippen LogP contribution in [0.2, 0.25) is 0 Å². The number of nitrogens with zero attached hydrogens (tertiary/aromatic N) is 4. The Morgan fingerprint density at radius 2 is 1.77 bits per heavy atom. The van der Waals surface area contributed by atoms with E-state index < -0.39 is 0 Å². The second-order valence-corrected chi connectivity index (χ2v) is 7.68. The van der Waals surface area contributed by atoms with Crippen LogP contribution >= 0.6 is 11.5 Å². The molecule has 3 rings (SSSR count). The van der Waals surface area contributed by atoms with Crippen molar-refractivity contribution in [3.63, 3.8) is 0 Å². The molecule has 0 aliphatic rings. The van der Waals surface area contributed by atoms with Gasteiger partial charge in [-0.1, -0.05) is 43.7 Å². The second kappa shape index (κ2) is 11.5. The van der Waals surface area contributed by atoms with Gasteiger partial charge in [-0.05, 0) is 56.5 Å². The van der Waals surface area contributed by atoms with E-state index in [0.29, 0.717) is 11.6 Å². The minimum absolute atomic E-state index is 0.562. The molecule has 0 spiro atoms. The molecule has 0 aliphatic heterocycles. The van der Waals surface area contributed by atoms with Crippen molar-refractivity contribution >= 4 is 23.6 Å². The number of benzene rings is 2. The van der Waals surface area contributed by atoms with E-state index in [0.717, 1.165) is 34.9 Å². The molecule has 0 fully saturated rings. The van der Waals surface area contributed by atoms with Crippen molar-refractivity contribution in [1.29, 1.82) is 0 Å². The fourth-order valence-corrected chi connectivity index (χ4v) is 3.16. The maximum atomic E-state index is 6.01. The van der Waals surface area contributed by atoms with E-state index in [1.165, 1.54) is 22.7 Å². The summed E-state index contributed by atoms with van der Waals surface area (Å²) >= 11 is 1.28. The smallest absolute Gasteiger partial charge is 0.298 e. The molecule has 1 aromatic heterocycles. The molecule has 0 amide bonds. The number of hydrogen-bond donors (Lipinski definition) is 0. The molecule has 0 atom stereocenters. The molecule has 6 heteroatoms. The van der Waals surface area contributed by atoms with E-state index in [4.69, 9.17) is 4.74 Å². The molecule has 2 aromatic carbocycles. The Balaban J connectivity index is 0.00000155. The Morgan fingerprint density at radius 1 is 1.07 bits per heavy atom. The van der Waals surface area contributed by atoms with Gasteiger partial charge in [0.2, 0.25) is 0 Å². The van der Waals surface area contributed by atoms with E-state index in [-0.39, 0.29) is 0 Å². The van der Waals surface area contributed by atoms with Crippen LogP contribution in [-0.2, 0) is 6.42 Å². The summed E-state index contributed by atoms with van der Waals surface area (Å²) in [5.41, 5.74) is 5.47. The van der Waals surface area contributed by atoms with Gasteiger partial charge in [-0.15, -0.1) is 0 Å².